The molecule has 0 bridgehead atoms. The molecule has 0 aliphatic rings. The summed E-state index contributed by atoms with van der Waals surface area (Å²) in [5, 5.41) is 13.8. The minimum atomic E-state index is -1.08. The van der Waals surface area contributed by atoms with Crippen LogP contribution in [0.25, 0.3) is 0 Å². The average molecular weight is 250 g/mol. The summed E-state index contributed by atoms with van der Waals surface area (Å²) in [5.41, 5.74) is 1.38. The number of carbonyl (C=O) groups excluding carboxylic acids is 2. The number of benzene rings is 1. The Morgan fingerprint density at radius 2 is 1.94 bits per heavy atom. The zero-order valence-electron chi connectivity index (χ0n) is 9.84. The first-order valence-corrected chi connectivity index (χ1v) is 5.32. The molecule has 96 valence electrons. The van der Waals surface area contributed by atoms with E-state index < -0.39 is 12.0 Å². The molecule has 1 atom stereocenters. The lowest BCUT2D eigenvalue weighted by molar-refractivity contribution is -0.141. The topological polar surface area (TPSA) is 95.5 Å². The van der Waals surface area contributed by atoms with E-state index in [0.29, 0.717) is 12.1 Å². The van der Waals surface area contributed by atoms with E-state index >= 15 is 0 Å². The number of amides is 2. The van der Waals surface area contributed by atoms with Crippen LogP contribution in [0.2, 0.25) is 0 Å². The van der Waals surface area contributed by atoms with E-state index in [9.17, 15) is 14.4 Å². The molecule has 0 heterocycles. The van der Waals surface area contributed by atoms with Gasteiger partial charge in [0, 0.05) is 19.0 Å². The van der Waals surface area contributed by atoms with Gasteiger partial charge in [-0.3, -0.25) is 9.59 Å². The SMILES string of the molecule is CC(=O)N[C@@H](Cc1ccc(NC=O)cc1)C(=O)O. The van der Waals surface area contributed by atoms with Gasteiger partial charge < -0.3 is 15.7 Å². The number of carbonyl (C=O) groups is 3. The van der Waals surface area contributed by atoms with E-state index in [1.165, 1.54) is 6.92 Å². The summed E-state index contributed by atoms with van der Waals surface area (Å²) in [6, 6.07) is 5.77. The molecule has 0 spiro atoms. The predicted octanol–water partition coefficient (Wildman–Crippen LogP) is 0.387. The van der Waals surface area contributed by atoms with Crippen LogP contribution in [0, 0.1) is 0 Å². The van der Waals surface area contributed by atoms with Crippen LogP contribution in [0.5, 0.6) is 0 Å². The van der Waals surface area contributed by atoms with Gasteiger partial charge in [0.1, 0.15) is 6.04 Å². The van der Waals surface area contributed by atoms with Gasteiger partial charge in [0.15, 0.2) is 0 Å². The van der Waals surface area contributed by atoms with Gasteiger partial charge in [0.2, 0.25) is 12.3 Å². The van der Waals surface area contributed by atoms with Crippen LogP contribution in [0.4, 0.5) is 5.69 Å². The van der Waals surface area contributed by atoms with Crippen LogP contribution >= 0.6 is 0 Å². The van der Waals surface area contributed by atoms with Crippen LogP contribution in [-0.4, -0.2) is 29.4 Å². The summed E-state index contributed by atoms with van der Waals surface area (Å²) in [5.74, 6) is -1.47. The van der Waals surface area contributed by atoms with Crippen molar-refractivity contribution in [1.29, 1.82) is 0 Å². The summed E-state index contributed by atoms with van der Waals surface area (Å²) in [6.07, 6.45) is 0.753. The Morgan fingerprint density at radius 1 is 1.33 bits per heavy atom. The van der Waals surface area contributed by atoms with Gasteiger partial charge in [-0.05, 0) is 17.7 Å². The van der Waals surface area contributed by atoms with Gasteiger partial charge in [-0.15, -0.1) is 0 Å². The molecule has 18 heavy (non-hydrogen) atoms. The third-order valence-electron chi connectivity index (χ3n) is 2.29. The molecular formula is C12H14N2O4. The molecule has 3 N–H and O–H groups in total. The van der Waals surface area contributed by atoms with Crippen molar-refractivity contribution >= 4 is 24.0 Å². The highest BCUT2D eigenvalue weighted by Gasteiger charge is 2.18. The molecule has 6 nitrogen and oxygen atoms in total. The first kappa shape index (κ1) is 13.7. The highest BCUT2D eigenvalue weighted by molar-refractivity contribution is 5.82. The van der Waals surface area contributed by atoms with Crippen LogP contribution in [0.15, 0.2) is 24.3 Å². The maximum Gasteiger partial charge on any atom is 0.326 e. The molecule has 0 aromatic heterocycles. The third-order valence-corrected chi connectivity index (χ3v) is 2.29. The zero-order chi connectivity index (χ0) is 13.5. The summed E-state index contributed by atoms with van der Waals surface area (Å²) in [4.78, 5) is 32.0. The minimum absolute atomic E-state index is 0.191. The van der Waals surface area contributed by atoms with Crippen molar-refractivity contribution in [3.8, 4) is 0 Å². The number of anilines is 1. The molecule has 0 fully saturated rings. The number of nitrogens with one attached hydrogen (secondary N) is 2. The number of hydrogen-bond acceptors (Lipinski definition) is 3. The van der Waals surface area contributed by atoms with Gasteiger partial charge in [-0.1, -0.05) is 12.1 Å². The number of rotatable bonds is 6. The van der Waals surface area contributed by atoms with Gasteiger partial charge >= 0.3 is 5.97 Å². The molecule has 0 saturated heterocycles. The molecule has 0 unspecified atom stereocenters. The Labute approximate surface area is 104 Å². The Bertz CT molecular complexity index is 442. The Kier molecular flexibility index (Phi) is 4.86. The molecule has 0 aliphatic heterocycles. The van der Waals surface area contributed by atoms with Crippen molar-refractivity contribution in [3.05, 3.63) is 29.8 Å². The lowest BCUT2D eigenvalue weighted by atomic mass is 10.1. The normalized spacial score (nSPS) is 11.4. The van der Waals surface area contributed by atoms with Crippen LogP contribution < -0.4 is 10.6 Å². The standard InChI is InChI=1S/C12H14N2O4/c1-8(16)14-11(12(17)18)6-9-2-4-10(5-3-9)13-7-15/h2-5,7,11H,6H2,1H3,(H,13,15)(H,14,16)(H,17,18)/t11-/m0/s1. The monoisotopic (exact) mass is 250 g/mol. The zero-order valence-corrected chi connectivity index (χ0v) is 9.84. The Morgan fingerprint density at radius 3 is 2.39 bits per heavy atom. The van der Waals surface area contributed by atoms with E-state index in [0.717, 1.165) is 5.56 Å². The Hall–Kier alpha value is -2.37. The summed E-state index contributed by atoms with van der Waals surface area (Å²) >= 11 is 0. The van der Waals surface area contributed by atoms with E-state index in [1.54, 1.807) is 24.3 Å². The molecular weight excluding hydrogens is 236 g/mol. The quantitative estimate of drug-likeness (QED) is 0.636. The van der Waals surface area contributed by atoms with Crippen molar-refractivity contribution in [2.24, 2.45) is 0 Å². The van der Waals surface area contributed by atoms with Gasteiger partial charge in [0.25, 0.3) is 0 Å². The van der Waals surface area contributed by atoms with Gasteiger partial charge in [-0.25, -0.2) is 4.79 Å². The first-order valence-electron chi connectivity index (χ1n) is 5.32. The van der Waals surface area contributed by atoms with Crippen molar-refractivity contribution in [2.75, 3.05) is 5.32 Å². The summed E-state index contributed by atoms with van der Waals surface area (Å²) in [6.45, 7) is 1.27. The fraction of sp³-hybridized carbons (Fsp3) is 0.250. The molecule has 1 aromatic rings. The molecule has 2 amide bonds. The minimum Gasteiger partial charge on any atom is -0.480 e. The van der Waals surface area contributed by atoms with E-state index in [4.69, 9.17) is 5.11 Å². The molecule has 0 radical (unpaired) electrons. The largest absolute Gasteiger partial charge is 0.480 e. The molecule has 0 aliphatic carbocycles. The molecule has 1 rings (SSSR count). The first-order chi connectivity index (χ1) is 8.52. The fourth-order valence-electron chi connectivity index (χ4n) is 1.49. The summed E-state index contributed by atoms with van der Waals surface area (Å²) in [7, 11) is 0. The van der Waals surface area contributed by atoms with Crippen LogP contribution in [0.3, 0.4) is 0 Å². The maximum atomic E-state index is 10.9. The second-order valence-electron chi connectivity index (χ2n) is 3.75. The highest BCUT2D eigenvalue weighted by Crippen LogP contribution is 2.10. The van der Waals surface area contributed by atoms with Gasteiger partial charge in [-0.2, -0.15) is 0 Å². The maximum absolute atomic E-state index is 10.9. The van der Waals surface area contributed by atoms with Crippen molar-refractivity contribution in [2.45, 2.75) is 19.4 Å². The van der Waals surface area contributed by atoms with E-state index in [-0.39, 0.29) is 12.3 Å². The second kappa shape index (κ2) is 6.39. The summed E-state index contributed by atoms with van der Waals surface area (Å²) < 4.78 is 0. The Balaban J connectivity index is 2.71. The van der Waals surface area contributed by atoms with Crippen molar-refractivity contribution in [3.63, 3.8) is 0 Å². The molecule has 1 aromatic carbocycles. The van der Waals surface area contributed by atoms with E-state index in [1.807, 2.05) is 0 Å². The number of aliphatic carboxylic acids is 1. The van der Waals surface area contributed by atoms with Gasteiger partial charge in [0.05, 0.1) is 0 Å². The average Bonchev–Trinajstić information content (AvgIpc) is 2.30. The highest BCUT2D eigenvalue weighted by atomic mass is 16.4. The molecule has 6 heteroatoms. The third kappa shape index (κ3) is 4.25. The number of hydrogen-bond donors (Lipinski definition) is 3. The van der Waals surface area contributed by atoms with Crippen LogP contribution in [-0.2, 0) is 20.8 Å². The van der Waals surface area contributed by atoms with Crippen LogP contribution in [0.1, 0.15) is 12.5 Å². The fourth-order valence-corrected chi connectivity index (χ4v) is 1.49. The van der Waals surface area contributed by atoms with E-state index in [2.05, 4.69) is 10.6 Å². The second-order valence-corrected chi connectivity index (χ2v) is 3.75. The van der Waals surface area contributed by atoms with Crippen molar-refractivity contribution < 1.29 is 19.5 Å². The molecule has 0 saturated carbocycles. The predicted molar refractivity (Wildman–Crippen MR) is 65.1 cm³/mol. The smallest absolute Gasteiger partial charge is 0.326 e. The lowest BCUT2D eigenvalue weighted by Gasteiger charge is -2.13. The number of carboxylic acids is 1. The number of carboxylic acid groups (broad SMARTS) is 1. The van der Waals surface area contributed by atoms with Crippen molar-refractivity contribution in [1.82, 2.24) is 5.32 Å². The lowest BCUT2D eigenvalue weighted by Crippen LogP contribution is -2.41.